The molecule has 6 nitrogen and oxygen atoms in total. The van der Waals surface area contributed by atoms with E-state index < -0.39 is 6.10 Å². The van der Waals surface area contributed by atoms with Gasteiger partial charge in [-0.2, -0.15) is 0 Å². The molecule has 1 aliphatic rings. The predicted octanol–water partition coefficient (Wildman–Crippen LogP) is 1.85. The number of nitrogens with zero attached hydrogens (tertiary/aromatic N) is 2. The van der Waals surface area contributed by atoms with Crippen LogP contribution in [-0.2, 0) is 4.79 Å². The zero-order chi connectivity index (χ0) is 16.1. The van der Waals surface area contributed by atoms with Crippen LogP contribution < -0.4 is 15.0 Å². The van der Waals surface area contributed by atoms with Gasteiger partial charge in [-0.1, -0.05) is 12.1 Å². The number of hydrogen-bond acceptors (Lipinski definition) is 3. The Kier molecular flexibility index (Phi) is 5.25. The normalized spacial score (nSPS) is 16.8. The Morgan fingerprint density at radius 3 is 2.68 bits per heavy atom. The monoisotopic (exact) mass is 305 g/mol. The van der Waals surface area contributed by atoms with E-state index >= 15 is 0 Å². The molecule has 1 unspecified atom stereocenters. The van der Waals surface area contributed by atoms with E-state index in [1.54, 1.807) is 16.8 Å². The number of likely N-dealkylation sites (N-methyl/N-ethyl adjacent to an activating group) is 1. The second-order valence-electron chi connectivity index (χ2n) is 5.16. The number of carbonyl (C=O) groups is 2. The Labute approximate surface area is 131 Å². The number of para-hydroxylation sites is 2. The molecule has 0 aromatic heterocycles. The third-order valence-corrected chi connectivity index (χ3v) is 3.84. The standard InChI is InChI=1S/C16H23N3O3/c1-4-19(5-2)16(21)17-11-10-14-15(20)18(3)12-8-6-7-9-13(12)22-14/h6-9,14H,4-5,10-11H2,1-3H3,(H,17,21). The van der Waals surface area contributed by atoms with Crippen molar-refractivity contribution >= 4 is 17.6 Å². The highest BCUT2D eigenvalue weighted by Gasteiger charge is 2.31. The number of urea groups is 1. The molecular formula is C16H23N3O3. The molecule has 120 valence electrons. The van der Waals surface area contributed by atoms with Crippen molar-refractivity contribution in [3.05, 3.63) is 24.3 Å². The van der Waals surface area contributed by atoms with Gasteiger partial charge in [0.15, 0.2) is 6.10 Å². The van der Waals surface area contributed by atoms with E-state index in [0.29, 0.717) is 31.8 Å². The van der Waals surface area contributed by atoms with Crippen LogP contribution in [0.3, 0.4) is 0 Å². The molecule has 0 saturated carbocycles. The summed E-state index contributed by atoms with van der Waals surface area (Å²) >= 11 is 0. The summed E-state index contributed by atoms with van der Waals surface area (Å²) in [4.78, 5) is 27.5. The van der Waals surface area contributed by atoms with Gasteiger partial charge in [-0.15, -0.1) is 0 Å². The molecule has 0 saturated heterocycles. The molecule has 1 atom stereocenters. The van der Waals surface area contributed by atoms with Crippen LogP contribution in [-0.4, -0.2) is 49.6 Å². The first-order chi connectivity index (χ1) is 10.6. The maximum Gasteiger partial charge on any atom is 0.317 e. The van der Waals surface area contributed by atoms with Crippen LogP contribution in [0.1, 0.15) is 20.3 Å². The second-order valence-corrected chi connectivity index (χ2v) is 5.16. The molecule has 1 aromatic rings. The molecule has 3 amide bonds. The van der Waals surface area contributed by atoms with Crippen LogP contribution in [0.4, 0.5) is 10.5 Å². The van der Waals surface area contributed by atoms with Gasteiger partial charge in [0.05, 0.1) is 5.69 Å². The predicted molar refractivity (Wildman–Crippen MR) is 85.2 cm³/mol. The number of benzene rings is 1. The summed E-state index contributed by atoms with van der Waals surface area (Å²) in [6.45, 7) is 5.60. The van der Waals surface area contributed by atoms with E-state index in [1.807, 2.05) is 38.1 Å². The summed E-state index contributed by atoms with van der Waals surface area (Å²) in [7, 11) is 1.74. The van der Waals surface area contributed by atoms with E-state index in [-0.39, 0.29) is 11.9 Å². The first-order valence-corrected chi connectivity index (χ1v) is 7.64. The van der Waals surface area contributed by atoms with Gasteiger partial charge in [0.1, 0.15) is 5.75 Å². The molecule has 2 rings (SSSR count). The summed E-state index contributed by atoms with van der Waals surface area (Å²) in [5.74, 6) is 0.612. The molecule has 0 aliphatic carbocycles. The van der Waals surface area contributed by atoms with Crippen LogP contribution in [0.25, 0.3) is 0 Å². The highest BCUT2D eigenvalue weighted by molar-refractivity contribution is 5.99. The average molecular weight is 305 g/mol. The number of carbonyl (C=O) groups excluding carboxylic acids is 2. The lowest BCUT2D eigenvalue weighted by Gasteiger charge is -2.32. The summed E-state index contributed by atoms with van der Waals surface area (Å²) in [6.07, 6.45) is -0.109. The summed E-state index contributed by atoms with van der Waals surface area (Å²) in [6, 6.07) is 7.34. The number of rotatable bonds is 5. The largest absolute Gasteiger partial charge is 0.478 e. The summed E-state index contributed by atoms with van der Waals surface area (Å²) in [5.41, 5.74) is 0.774. The van der Waals surface area contributed by atoms with E-state index in [1.165, 1.54) is 0 Å². The molecule has 22 heavy (non-hydrogen) atoms. The number of amides is 3. The molecule has 1 N–H and O–H groups in total. The highest BCUT2D eigenvalue weighted by Crippen LogP contribution is 2.33. The first kappa shape index (κ1) is 16.1. The molecular weight excluding hydrogens is 282 g/mol. The molecule has 1 aromatic carbocycles. The number of anilines is 1. The SMILES string of the molecule is CCN(CC)C(=O)NCCC1Oc2ccccc2N(C)C1=O. The number of fused-ring (bicyclic) bond motifs is 1. The average Bonchev–Trinajstić information content (AvgIpc) is 2.53. The van der Waals surface area contributed by atoms with Gasteiger partial charge in [-0.3, -0.25) is 4.79 Å². The van der Waals surface area contributed by atoms with Crippen LogP contribution >= 0.6 is 0 Å². The molecule has 1 aliphatic heterocycles. The molecule has 0 spiro atoms. The Hall–Kier alpha value is -2.24. The topological polar surface area (TPSA) is 61.9 Å². The van der Waals surface area contributed by atoms with Gasteiger partial charge in [0.2, 0.25) is 0 Å². The fourth-order valence-corrected chi connectivity index (χ4v) is 2.49. The minimum atomic E-state index is -0.558. The van der Waals surface area contributed by atoms with Crippen LogP contribution in [0.15, 0.2) is 24.3 Å². The molecule has 0 bridgehead atoms. The number of hydrogen-bond donors (Lipinski definition) is 1. The molecule has 6 heteroatoms. The zero-order valence-corrected chi connectivity index (χ0v) is 13.3. The van der Waals surface area contributed by atoms with Crippen LogP contribution in [0.5, 0.6) is 5.75 Å². The Morgan fingerprint density at radius 2 is 2.00 bits per heavy atom. The fraction of sp³-hybridized carbons (Fsp3) is 0.500. The van der Waals surface area contributed by atoms with Crippen molar-refractivity contribution in [2.45, 2.75) is 26.4 Å². The first-order valence-electron chi connectivity index (χ1n) is 7.64. The minimum absolute atomic E-state index is 0.0872. The third-order valence-electron chi connectivity index (χ3n) is 3.84. The van der Waals surface area contributed by atoms with E-state index in [2.05, 4.69) is 5.32 Å². The van der Waals surface area contributed by atoms with Gasteiger partial charge in [0, 0.05) is 33.1 Å². The number of nitrogens with one attached hydrogen (secondary N) is 1. The van der Waals surface area contributed by atoms with Gasteiger partial charge < -0.3 is 19.9 Å². The van der Waals surface area contributed by atoms with Gasteiger partial charge in [-0.25, -0.2) is 4.79 Å². The van der Waals surface area contributed by atoms with Crippen LogP contribution in [0, 0.1) is 0 Å². The third kappa shape index (κ3) is 3.32. The van der Waals surface area contributed by atoms with Crippen molar-refractivity contribution in [2.75, 3.05) is 31.6 Å². The van der Waals surface area contributed by atoms with Crippen molar-refractivity contribution in [2.24, 2.45) is 0 Å². The quantitative estimate of drug-likeness (QED) is 0.903. The molecule has 0 fully saturated rings. The highest BCUT2D eigenvalue weighted by atomic mass is 16.5. The smallest absolute Gasteiger partial charge is 0.317 e. The van der Waals surface area contributed by atoms with E-state index in [0.717, 1.165) is 5.69 Å². The van der Waals surface area contributed by atoms with Crippen molar-refractivity contribution in [1.82, 2.24) is 10.2 Å². The maximum atomic E-state index is 12.3. The lowest BCUT2D eigenvalue weighted by molar-refractivity contribution is -0.126. The van der Waals surface area contributed by atoms with Crippen molar-refractivity contribution in [1.29, 1.82) is 0 Å². The number of ether oxygens (including phenoxy) is 1. The van der Waals surface area contributed by atoms with Gasteiger partial charge in [-0.05, 0) is 26.0 Å². The Morgan fingerprint density at radius 1 is 1.32 bits per heavy atom. The Bertz CT molecular complexity index is 543. The lowest BCUT2D eigenvalue weighted by atomic mass is 10.1. The zero-order valence-electron chi connectivity index (χ0n) is 13.3. The van der Waals surface area contributed by atoms with Crippen molar-refractivity contribution in [3.8, 4) is 5.75 Å². The van der Waals surface area contributed by atoms with Crippen molar-refractivity contribution in [3.63, 3.8) is 0 Å². The summed E-state index contributed by atoms with van der Waals surface area (Å²) < 4.78 is 5.75. The summed E-state index contributed by atoms with van der Waals surface area (Å²) in [5, 5.41) is 2.83. The van der Waals surface area contributed by atoms with Crippen molar-refractivity contribution < 1.29 is 14.3 Å². The van der Waals surface area contributed by atoms with Gasteiger partial charge >= 0.3 is 6.03 Å². The minimum Gasteiger partial charge on any atom is -0.478 e. The lowest BCUT2D eigenvalue weighted by Crippen LogP contribution is -2.46. The molecule has 1 heterocycles. The maximum absolute atomic E-state index is 12.3. The second kappa shape index (κ2) is 7.15. The van der Waals surface area contributed by atoms with E-state index in [4.69, 9.17) is 4.74 Å². The Balaban J connectivity index is 1.92. The van der Waals surface area contributed by atoms with E-state index in [9.17, 15) is 9.59 Å². The molecule has 0 radical (unpaired) electrons. The van der Waals surface area contributed by atoms with Gasteiger partial charge in [0.25, 0.3) is 5.91 Å². The van der Waals surface area contributed by atoms with Crippen LogP contribution in [0.2, 0.25) is 0 Å². The fourth-order valence-electron chi connectivity index (χ4n) is 2.49.